The average Bonchev–Trinajstić information content (AvgIpc) is 2.64. The van der Waals surface area contributed by atoms with Gasteiger partial charge in [-0.2, -0.15) is 0 Å². The number of carbonyl (C=O) groups excluding carboxylic acids is 2. The second kappa shape index (κ2) is 9.50. The second-order valence-corrected chi connectivity index (χ2v) is 6.40. The number of carbonyl (C=O) groups is 2. The van der Waals surface area contributed by atoms with Gasteiger partial charge >= 0.3 is 5.97 Å². The van der Waals surface area contributed by atoms with E-state index < -0.39 is 11.9 Å². The Balaban J connectivity index is 0.00000243. The number of hydrogen-bond donors (Lipinski definition) is 0. The van der Waals surface area contributed by atoms with E-state index in [0.29, 0.717) is 23.1 Å². The first-order valence-electron chi connectivity index (χ1n) is 8.04. The monoisotopic (exact) mass is 380 g/mol. The van der Waals surface area contributed by atoms with Gasteiger partial charge in [0.15, 0.2) is 10.9 Å². The molecule has 0 fully saturated rings. The van der Waals surface area contributed by atoms with Crippen LogP contribution in [0.3, 0.4) is 0 Å². The van der Waals surface area contributed by atoms with E-state index in [4.69, 9.17) is 4.74 Å². The van der Waals surface area contributed by atoms with Gasteiger partial charge in [-0.1, -0.05) is 42.1 Å². The first-order chi connectivity index (χ1) is 12.1. The zero-order chi connectivity index (χ0) is 17.8. The molecule has 1 aromatic carbocycles. The molecular weight excluding hydrogens is 361 g/mol. The first-order valence-corrected chi connectivity index (χ1v) is 9.27. The molecular formula is C18H19N3NaO3S. The van der Waals surface area contributed by atoms with Gasteiger partial charge in [0, 0.05) is 48.8 Å². The molecule has 0 saturated carbocycles. The Kier molecular flexibility index (Phi) is 7.64. The third-order valence-corrected chi connectivity index (χ3v) is 4.56. The van der Waals surface area contributed by atoms with Crippen LogP contribution in [0, 0.1) is 5.92 Å². The number of Topliss-reactive ketones (excluding diaryl/α,β-unsaturated/α-hetero) is 1. The van der Waals surface area contributed by atoms with Crippen LogP contribution in [0.1, 0.15) is 22.8 Å². The summed E-state index contributed by atoms with van der Waals surface area (Å²) in [6.45, 7) is 2.79. The number of aromatic nitrogens is 2. The summed E-state index contributed by atoms with van der Waals surface area (Å²) in [7, 11) is 0. The average molecular weight is 380 g/mol. The Labute approximate surface area is 179 Å². The molecule has 26 heavy (non-hydrogen) atoms. The van der Waals surface area contributed by atoms with Crippen LogP contribution in [-0.4, -0.2) is 70.7 Å². The molecule has 3 rings (SSSR count). The predicted molar refractivity (Wildman–Crippen MR) is 102 cm³/mol. The van der Waals surface area contributed by atoms with Crippen molar-refractivity contribution >= 4 is 58.9 Å². The number of hydrogen-bond acceptors (Lipinski definition) is 7. The van der Waals surface area contributed by atoms with Crippen molar-refractivity contribution in [3.63, 3.8) is 0 Å². The smallest absolute Gasteiger partial charge is 0.318 e. The number of anilines is 1. The third-order valence-electron chi connectivity index (χ3n) is 4.00. The van der Waals surface area contributed by atoms with Crippen LogP contribution in [0.5, 0.6) is 0 Å². The van der Waals surface area contributed by atoms with E-state index in [0.717, 1.165) is 5.56 Å². The molecule has 0 aliphatic carbocycles. The number of ketones is 1. The maximum Gasteiger partial charge on any atom is 0.318 e. The molecule has 131 valence electrons. The van der Waals surface area contributed by atoms with E-state index in [-0.39, 0.29) is 48.5 Å². The van der Waals surface area contributed by atoms with Gasteiger partial charge in [-0.25, -0.2) is 9.97 Å². The van der Waals surface area contributed by atoms with Gasteiger partial charge in [0.05, 0.1) is 12.2 Å². The van der Waals surface area contributed by atoms with Gasteiger partial charge in [0.2, 0.25) is 0 Å². The molecule has 8 heteroatoms. The normalized spacial score (nSPS) is 15.8. The van der Waals surface area contributed by atoms with Gasteiger partial charge in [-0.3, -0.25) is 9.59 Å². The Hall–Kier alpha value is -1.41. The maximum atomic E-state index is 12.7. The Morgan fingerprint density at radius 2 is 2.08 bits per heavy atom. The minimum atomic E-state index is -0.847. The van der Waals surface area contributed by atoms with E-state index in [2.05, 4.69) is 9.97 Å². The molecule has 6 nitrogen and oxygen atoms in total. The van der Waals surface area contributed by atoms with Gasteiger partial charge < -0.3 is 9.64 Å². The molecule has 0 bridgehead atoms. The van der Waals surface area contributed by atoms with Crippen molar-refractivity contribution < 1.29 is 14.3 Å². The van der Waals surface area contributed by atoms with E-state index in [1.165, 1.54) is 18.0 Å². The summed E-state index contributed by atoms with van der Waals surface area (Å²) in [5, 5.41) is 0.596. The molecule has 1 aliphatic rings. The molecule has 2 heterocycles. The first kappa shape index (κ1) is 20.9. The molecule has 0 spiro atoms. The quantitative estimate of drug-likeness (QED) is 0.259. The Morgan fingerprint density at radius 3 is 2.73 bits per heavy atom. The second-order valence-electron chi connectivity index (χ2n) is 5.63. The summed E-state index contributed by atoms with van der Waals surface area (Å²) in [6.07, 6.45) is 3.40. The standard InChI is InChI=1S/C18H19N3O3S.Na/c1-3-24-17(23)14-11-21(10-12-7-5-4-6-8-12)16-13(15(14)22)9-19-18(20-16)25-2;/h4-9,14H,3,10-11H2,1-2H3;. The number of esters is 1. The summed E-state index contributed by atoms with van der Waals surface area (Å²) < 4.78 is 5.08. The van der Waals surface area contributed by atoms with Crippen molar-refractivity contribution in [1.82, 2.24) is 9.97 Å². The van der Waals surface area contributed by atoms with Crippen molar-refractivity contribution in [3.8, 4) is 0 Å². The Bertz CT molecular complexity index is 789. The molecule has 0 amide bonds. The molecule has 1 unspecified atom stereocenters. The molecule has 1 aromatic heterocycles. The fourth-order valence-corrected chi connectivity index (χ4v) is 3.15. The number of rotatable bonds is 5. The number of benzene rings is 1. The van der Waals surface area contributed by atoms with Gasteiger partial charge in [0.25, 0.3) is 0 Å². The molecule has 1 radical (unpaired) electrons. The van der Waals surface area contributed by atoms with Crippen LogP contribution >= 0.6 is 11.8 Å². The number of ether oxygens (including phenoxy) is 1. The van der Waals surface area contributed by atoms with Crippen LogP contribution in [0.4, 0.5) is 5.82 Å². The van der Waals surface area contributed by atoms with E-state index >= 15 is 0 Å². The predicted octanol–water partition coefficient (Wildman–Crippen LogP) is 2.20. The van der Waals surface area contributed by atoms with Crippen LogP contribution < -0.4 is 4.90 Å². The summed E-state index contributed by atoms with van der Waals surface area (Å²) in [4.78, 5) is 35.6. The molecule has 0 N–H and O–H groups in total. The summed E-state index contributed by atoms with van der Waals surface area (Å²) in [5.41, 5.74) is 1.45. The number of nitrogens with zero attached hydrogens (tertiary/aromatic N) is 3. The summed E-state index contributed by atoms with van der Waals surface area (Å²) in [6, 6.07) is 9.88. The molecule has 1 atom stereocenters. The molecule has 0 saturated heterocycles. The van der Waals surface area contributed by atoms with E-state index in [9.17, 15) is 9.59 Å². The zero-order valence-corrected chi connectivity index (χ0v) is 18.0. The minimum Gasteiger partial charge on any atom is -0.465 e. The summed E-state index contributed by atoms with van der Waals surface area (Å²) in [5.74, 6) is -1.04. The Morgan fingerprint density at radius 1 is 1.35 bits per heavy atom. The largest absolute Gasteiger partial charge is 0.465 e. The van der Waals surface area contributed by atoms with Crippen molar-refractivity contribution in [2.24, 2.45) is 5.92 Å². The fraction of sp³-hybridized carbons (Fsp3) is 0.333. The van der Waals surface area contributed by atoms with Crippen molar-refractivity contribution in [1.29, 1.82) is 0 Å². The number of fused-ring (bicyclic) bond motifs is 1. The third kappa shape index (κ3) is 4.46. The van der Waals surface area contributed by atoms with E-state index in [1.54, 1.807) is 6.92 Å². The van der Waals surface area contributed by atoms with E-state index in [1.807, 2.05) is 41.5 Å². The van der Waals surface area contributed by atoms with Crippen molar-refractivity contribution in [2.75, 3.05) is 24.3 Å². The van der Waals surface area contributed by atoms with Crippen molar-refractivity contribution in [2.45, 2.75) is 18.6 Å². The fourth-order valence-electron chi connectivity index (χ4n) is 2.82. The SMILES string of the molecule is CCOC(=O)C1CN(Cc2ccccc2)c2nc(SC)ncc2C1=O.[Na]. The van der Waals surface area contributed by atoms with Crippen LogP contribution in [0.2, 0.25) is 0 Å². The van der Waals surface area contributed by atoms with Crippen molar-refractivity contribution in [3.05, 3.63) is 47.7 Å². The van der Waals surface area contributed by atoms with Crippen LogP contribution in [0.15, 0.2) is 41.7 Å². The van der Waals surface area contributed by atoms with Gasteiger partial charge in [-0.15, -0.1) is 0 Å². The topological polar surface area (TPSA) is 72.4 Å². The van der Waals surface area contributed by atoms with Crippen LogP contribution in [0.25, 0.3) is 0 Å². The minimum absolute atomic E-state index is 0. The van der Waals surface area contributed by atoms with Gasteiger partial charge in [0.1, 0.15) is 11.7 Å². The zero-order valence-electron chi connectivity index (χ0n) is 15.1. The molecule has 1 aliphatic heterocycles. The van der Waals surface area contributed by atoms with Gasteiger partial charge in [-0.05, 0) is 18.7 Å². The maximum absolute atomic E-state index is 12.7. The summed E-state index contributed by atoms with van der Waals surface area (Å²) >= 11 is 1.41. The molecule has 2 aromatic rings. The number of thioether (sulfide) groups is 1. The van der Waals surface area contributed by atoms with Crippen LogP contribution in [-0.2, 0) is 16.1 Å².